The number of halogens is 1. The zero-order valence-electron chi connectivity index (χ0n) is 10.8. The topological polar surface area (TPSA) is 6.48 Å². The van der Waals surface area contributed by atoms with E-state index in [2.05, 4.69) is 22.9 Å². The van der Waals surface area contributed by atoms with Crippen LogP contribution in [0.5, 0.6) is 0 Å². The molecular formula is C15H19FN2. The second-order valence-corrected chi connectivity index (χ2v) is 5.22. The van der Waals surface area contributed by atoms with Crippen LogP contribution in [0.1, 0.15) is 17.5 Å². The molecule has 1 aliphatic carbocycles. The lowest BCUT2D eigenvalue weighted by atomic mass is 9.93. The average molecular weight is 246 g/mol. The molecule has 18 heavy (non-hydrogen) atoms. The van der Waals surface area contributed by atoms with E-state index in [1.165, 1.54) is 11.3 Å². The molecule has 1 saturated heterocycles. The fraction of sp³-hybridized carbons (Fsp3) is 0.467. The Kier molecular flexibility index (Phi) is 3.08. The van der Waals surface area contributed by atoms with Crippen LogP contribution in [0.15, 0.2) is 24.3 Å². The van der Waals surface area contributed by atoms with Gasteiger partial charge in [0.15, 0.2) is 0 Å². The van der Waals surface area contributed by atoms with Crippen LogP contribution in [0.2, 0.25) is 0 Å². The van der Waals surface area contributed by atoms with Gasteiger partial charge in [-0.1, -0.05) is 12.1 Å². The molecule has 0 bridgehead atoms. The number of piperazine rings is 1. The van der Waals surface area contributed by atoms with Crippen molar-refractivity contribution in [1.29, 1.82) is 0 Å². The van der Waals surface area contributed by atoms with Gasteiger partial charge >= 0.3 is 0 Å². The maximum Gasteiger partial charge on any atom is 0.123 e. The molecule has 0 atom stereocenters. The van der Waals surface area contributed by atoms with Gasteiger partial charge in [0.2, 0.25) is 0 Å². The highest BCUT2D eigenvalue weighted by Crippen LogP contribution is 2.30. The first-order valence-electron chi connectivity index (χ1n) is 6.66. The summed E-state index contributed by atoms with van der Waals surface area (Å²) in [6.07, 6.45) is 4.38. The second kappa shape index (κ2) is 4.73. The van der Waals surface area contributed by atoms with Crippen molar-refractivity contribution in [3.63, 3.8) is 0 Å². The highest BCUT2D eigenvalue weighted by molar-refractivity contribution is 5.69. The molecule has 1 aliphatic heterocycles. The highest BCUT2D eigenvalue weighted by Gasteiger charge is 2.21. The van der Waals surface area contributed by atoms with Crippen molar-refractivity contribution in [1.82, 2.24) is 9.80 Å². The van der Waals surface area contributed by atoms with Crippen LogP contribution in [0.25, 0.3) is 5.70 Å². The first kappa shape index (κ1) is 11.7. The molecule has 1 aromatic rings. The van der Waals surface area contributed by atoms with Crippen LogP contribution in [0, 0.1) is 5.82 Å². The Balaban J connectivity index is 1.89. The normalized spacial score (nSPS) is 20.6. The van der Waals surface area contributed by atoms with Crippen molar-refractivity contribution in [3.05, 3.63) is 41.2 Å². The van der Waals surface area contributed by atoms with Crippen molar-refractivity contribution in [2.75, 3.05) is 33.2 Å². The molecule has 0 aromatic heterocycles. The third-order valence-electron chi connectivity index (χ3n) is 3.94. The summed E-state index contributed by atoms with van der Waals surface area (Å²) in [7, 11) is 2.15. The number of benzene rings is 1. The number of aryl methyl sites for hydroxylation is 1. The Morgan fingerprint density at radius 1 is 1.11 bits per heavy atom. The van der Waals surface area contributed by atoms with Gasteiger partial charge in [-0.25, -0.2) is 4.39 Å². The van der Waals surface area contributed by atoms with Crippen molar-refractivity contribution < 1.29 is 4.39 Å². The second-order valence-electron chi connectivity index (χ2n) is 5.22. The van der Waals surface area contributed by atoms with E-state index in [1.807, 2.05) is 6.07 Å². The fourth-order valence-electron chi connectivity index (χ4n) is 2.83. The van der Waals surface area contributed by atoms with E-state index in [4.69, 9.17) is 0 Å². The van der Waals surface area contributed by atoms with Crippen molar-refractivity contribution in [2.24, 2.45) is 0 Å². The lowest BCUT2D eigenvalue weighted by Gasteiger charge is -2.37. The van der Waals surface area contributed by atoms with E-state index in [0.29, 0.717) is 0 Å². The Morgan fingerprint density at radius 3 is 2.67 bits per heavy atom. The number of allylic oxidation sites excluding steroid dienone is 1. The summed E-state index contributed by atoms with van der Waals surface area (Å²) in [5.74, 6) is -0.129. The van der Waals surface area contributed by atoms with E-state index < -0.39 is 0 Å². The molecule has 0 spiro atoms. The Morgan fingerprint density at radius 2 is 1.89 bits per heavy atom. The van der Waals surface area contributed by atoms with Gasteiger partial charge in [0, 0.05) is 37.4 Å². The summed E-state index contributed by atoms with van der Waals surface area (Å²) in [5, 5.41) is 0. The molecule has 2 nitrogen and oxygen atoms in total. The maximum absolute atomic E-state index is 13.4. The lowest BCUT2D eigenvalue weighted by Crippen LogP contribution is -2.43. The SMILES string of the molecule is CN1CCN(C2=CCCc3ccc(F)cc32)CC1. The Bertz CT molecular complexity index is 473. The first-order chi connectivity index (χ1) is 8.74. The van der Waals surface area contributed by atoms with Crippen molar-refractivity contribution in [2.45, 2.75) is 12.8 Å². The van der Waals surface area contributed by atoms with Gasteiger partial charge in [-0.2, -0.15) is 0 Å². The van der Waals surface area contributed by atoms with E-state index >= 15 is 0 Å². The summed E-state index contributed by atoms with van der Waals surface area (Å²) in [4.78, 5) is 4.74. The van der Waals surface area contributed by atoms with Gasteiger partial charge in [0.25, 0.3) is 0 Å². The van der Waals surface area contributed by atoms with Gasteiger partial charge < -0.3 is 9.80 Å². The predicted octanol–water partition coefficient (Wildman–Crippen LogP) is 2.36. The van der Waals surface area contributed by atoms with E-state index in [-0.39, 0.29) is 5.82 Å². The third kappa shape index (κ3) is 2.15. The highest BCUT2D eigenvalue weighted by atomic mass is 19.1. The minimum absolute atomic E-state index is 0.129. The summed E-state index contributed by atoms with van der Waals surface area (Å²) >= 11 is 0. The van der Waals surface area contributed by atoms with Crippen LogP contribution < -0.4 is 0 Å². The van der Waals surface area contributed by atoms with Crippen LogP contribution in [-0.2, 0) is 6.42 Å². The monoisotopic (exact) mass is 246 g/mol. The molecule has 3 rings (SSSR count). The smallest absolute Gasteiger partial charge is 0.123 e. The van der Waals surface area contributed by atoms with Crippen molar-refractivity contribution in [3.8, 4) is 0 Å². The Hall–Kier alpha value is -1.35. The van der Waals surface area contributed by atoms with E-state index in [0.717, 1.165) is 44.6 Å². The number of hydrogen-bond donors (Lipinski definition) is 0. The molecular weight excluding hydrogens is 227 g/mol. The molecule has 1 fully saturated rings. The standard InChI is InChI=1S/C15H19FN2/c1-17-7-9-18(10-8-17)15-4-2-3-12-5-6-13(16)11-14(12)15/h4-6,11H,2-3,7-10H2,1H3. The van der Waals surface area contributed by atoms with E-state index in [9.17, 15) is 4.39 Å². The molecule has 0 unspecified atom stereocenters. The lowest BCUT2D eigenvalue weighted by molar-refractivity contribution is 0.206. The summed E-state index contributed by atoms with van der Waals surface area (Å²) < 4.78 is 13.4. The quantitative estimate of drug-likeness (QED) is 0.750. The zero-order chi connectivity index (χ0) is 12.5. The summed E-state index contributed by atoms with van der Waals surface area (Å²) in [5.41, 5.74) is 3.63. The molecule has 1 aromatic carbocycles. The molecule has 96 valence electrons. The molecule has 0 radical (unpaired) electrons. The van der Waals surface area contributed by atoms with Gasteiger partial charge in [-0.3, -0.25) is 0 Å². The van der Waals surface area contributed by atoms with Gasteiger partial charge in [-0.15, -0.1) is 0 Å². The molecule has 0 amide bonds. The average Bonchev–Trinajstić information content (AvgIpc) is 2.39. The summed E-state index contributed by atoms with van der Waals surface area (Å²) in [6, 6.07) is 5.21. The molecule has 1 heterocycles. The number of fused-ring (bicyclic) bond motifs is 1. The summed E-state index contributed by atoms with van der Waals surface area (Å²) in [6.45, 7) is 4.25. The number of nitrogens with zero attached hydrogens (tertiary/aromatic N) is 2. The van der Waals surface area contributed by atoms with E-state index in [1.54, 1.807) is 12.1 Å². The molecule has 0 N–H and O–H groups in total. The predicted molar refractivity (Wildman–Crippen MR) is 71.8 cm³/mol. The van der Waals surface area contributed by atoms with Crippen LogP contribution >= 0.6 is 0 Å². The van der Waals surface area contributed by atoms with Crippen molar-refractivity contribution >= 4 is 5.70 Å². The molecule has 2 aliphatic rings. The zero-order valence-corrected chi connectivity index (χ0v) is 10.8. The largest absolute Gasteiger partial charge is 0.369 e. The fourth-order valence-corrected chi connectivity index (χ4v) is 2.83. The maximum atomic E-state index is 13.4. The third-order valence-corrected chi connectivity index (χ3v) is 3.94. The van der Waals surface area contributed by atoms with Gasteiger partial charge in [0.05, 0.1) is 0 Å². The van der Waals surface area contributed by atoms with Gasteiger partial charge in [0.1, 0.15) is 5.82 Å². The molecule has 3 heteroatoms. The number of rotatable bonds is 1. The van der Waals surface area contributed by atoms with Crippen LogP contribution in [-0.4, -0.2) is 43.0 Å². The number of hydrogen-bond acceptors (Lipinski definition) is 2. The van der Waals surface area contributed by atoms with Gasteiger partial charge in [-0.05, 0) is 37.6 Å². The first-order valence-corrected chi connectivity index (χ1v) is 6.66. The molecule has 0 saturated carbocycles. The Labute approximate surface area is 108 Å². The van der Waals surface area contributed by atoms with Crippen LogP contribution in [0.3, 0.4) is 0 Å². The minimum atomic E-state index is -0.129. The van der Waals surface area contributed by atoms with Crippen LogP contribution in [0.4, 0.5) is 4.39 Å². The number of likely N-dealkylation sites (N-methyl/N-ethyl adjacent to an activating group) is 1. The minimum Gasteiger partial charge on any atom is -0.369 e.